The Hall–Kier alpha value is -2.65. The molecule has 1 aromatic heterocycles. The molecule has 1 aliphatic rings. The molecule has 1 aliphatic heterocycles. The van der Waals surface area contributed by atoms with Crippen LogP contribution in [0.2, 0.25) is 0 Å². The number of sulfonamides is 1. The first-order valence-corrected chi connectivity index (χ1v) is 11.6. The van der Waals surface area contributed by atoms with Gasteiger partial charge in [0, 0.05) is 25.2 Å². The third-order valence-corrected chi connectivity index (χ3v) is 7.32. The lowest BCUT2D eigenvalue weighted by atomic mass is 10.2. The highest BCUT2D eigenvalue weighted by Gasteiger charge is 2.25. The normalized spacial score (nSPS) is 13.9. The fraction of sp³-hybridized carbons (Fsp3) is 0.300. The maximum Gasteiger partial charge on any atom is 0.308 e. The predicted molar refractivity (Wildman–Crippen MR) is 115 cm³/mol. The number of hydrogen-bond donors (Lipinski definition) is 1. The zero-order valence-corrected chi connectivity index (χ0v) is 17.9. The fourth-order valence-corrected chi connectivity index (χ4v) is 5.83. The second-order valence-electron chi connectivity index (χ2n) is 7.33. The summed E-state index contributed by atoms with van der Waals surface area (Å²) < 4.78 is 30.8. The van der Waals surface area contributed by atoms with Crippen molar-refractivity contribution in [3.8, 4) is 0 Å². The summed E-state index contributed by atoms with van der Waals surface area (Å²) in [4.78, 5) is 25.6. The van der Waals surface area contributed by atoms with Crippen molar-refractivity contribution < 1.29 is 13.2 Å². The van der Waals surface area contributed by atoms with E-state index in [-0.39, 0.29) is 21.7 Å². The molecule has 0 saturated carbocycles. The molecule has 9 heteroatoms. The number of carbonyl (C=O) groups excluding carboxylic acids is 1. The summed E-state index contributed by atoms with van der Waals surface area (Å²) in [6.45, 7) is 5.93. The van der Waals surface area contributed by atoms with Crippen LogP contribution < -0.4 is 14.5 Å². The van der Waals surface area contributed by atoms with E-state index in [0.29, 0.717) is 18.7 Å². The first-order valence-electron chi connectivity index (χ1n) is 9.26. The molecule has 0 spiro atoms. The van der Waals surface area contributed by atoms with Gasteiger partial charge in [-0.3, -0.25) is 18.9 Å². The molecule has 1 amide bonds. The minimum absolute atomic E-state index is 0.0276. The van der Waals surface area contributed by atoms with Gasteiger partial charge in [-0.2, -0.15) is 0 Å². The van der Waals surface area contributed by atoms with E-state index in [4.69, 9.17) is 0 Å². The van der Waals surface area contributed by atoms with E-state index in [9.17, 15) is 18.0 Å². The van der Waals surface area contributed by atoms with E-state index < -0.39 is 10.0 Å². The number of nitrogens with one attached hydrogen (secondary N) is 1. The molecule has 2 aromatic carbocycles. The molecule has 4 rings (SSSR count). The lowest BCUT2D eigenvalue weighted by Crippen LogP contribution is -2.25. The number of aromatic nitrogens is 1. The smallest absolute Gasteiger partial charge is 0.308 e. The number of anilines is 2. The molecule has 7 nitrogen and oxygen atoms in total. The molecule has 0 bridgehead atoms. The molecule has 0 saturated heterocycles. The number of amides is 1. The second-order valence-corrected chi connectivity index (χ2v) is 10.0. The maximum atomic E-state index is 12.9. The summed E-state index contributed by atoms with van der Waals surface area (Å²) in [5.74, 6) is -0.0573. The molecule has 152 valence electrons. The maximum absolute atomic E-state index is 12.9. The van der Waals surface area contributed by atoms with Gasteiger partial charge in [-0.1, -0.05) is 11.3 Å². The van der Waals surface area contributed by atoms with Crippen LogP contribution in [0.3, 0.4) is 0 Å². The Labute approximate surface area is 172 Å². The molecular formula is C20H21N3O4S2. The number of thiazole rings is 1. The van der Waals surface area contributed by atoms with Crippen molar-refractivity contribution in [3.63, 3.8) is 0 Å². The van der Waals surface area contributed by atoms with E-state index in [1.54, 1.807) is 39.8 Å². The fourth-order valence-electron chi connectivity index (χ4n) is 3.68. The quantitative estimate of drug-likeness (QED) is 0.686. The Morgan fingerprint density at radius 2 is 1.93 bits per heavy atom. The zero-order chi connectivity index (χ0) is 20.9. The number of carbonyl (C=O) groups is 1. The van der Waals surface area contributed by atoms with Gasteiger partial charge >= 0.3 is 4.87 Å². The van der Waals surface area contributed by atoms with Gasteiger partial charge in [-0.15, -0.1) is 0 Å². The molecule has 0 unspecified atom stereocenters. The van der Waals surface area contributed by atoms with Crippen LogP contribution >= 0.6 is 11.3 Å². The summed E-state index contributed by atoms with van der Waals surface area (Å²) in [7, 11) is -3.79. The van der Waals surface area contributed by atoms with Crippen LogP contribution in [-0.4, -0.2) is 25.4 Å². The van der Waals surface area contributed by atoms with Crippen molar-refractivity contribution in [2.75, 3.05) is 16.2 Å². The van der Waals surface area contributed by atoms with Gasteiger partial charge in [-0.25, -0.2) is 8.42 Å². The first-order chi connectivity index (χ1) is 13.7. The van der Waals surface area contributed by atoms with Gasteiger partial charge in [0.2, 0.25) is 5.91 Å². The minimum atomic E-state index is -3.79. The van der Waals surface area contributed by atoms with Crippen LogP contribution in [0.5, 0.6) is 0 Å². The average Bonchev–Trinajstić information content (AvgIpc) is 3.20. The van der Waals surface area contributed by atoms with Gasteiger partial charge in [-0.05, 0) is 62.2 Å². The topological polar surface area (TPSA) is 88.5 Å². The van der Waals surface area contributed by atoms with Crippen molar-refractivity contribution in [1.29, 1.82) is 0 Å². The summed E-state index contributed by atoms with van der Waals surface area (Å²) in [5.41, 5.74) is 2.80. The van der Waals surface area contributed by atoms with E-state index in [1.807, 2.05) is 13.8 Å². The van der Waals surface area contributed by atoms with Gasteiger partial charge in [0.15, 0.2) is 0 Å². The molecular weight excluding hydrogens is 410 g/mol. The Bertz CT molecular complexity index is 1290. The summed E-state index contributed by atoms with van der Waals surface area (Å²) in [5, 5.41) is 0. The van der Waals surface area contributed by atoms with Gasteiger partial charge in [0.25, 0.3) is 10.0 Å². The summed E-state index contributed by atoms with van der Waals surface area (Å²) in [6.07, 6.45) is 0.626. The highest BCUT2D eigenvalue weighted by atomic mass is 32.2. The summed E-state index contributed by atoms with van der Waals surface area (Å²) in [6, 6.07) is 9.94. The third-order valence-electron chi connectivity index (χ3n) is 5.02. The Morgan fingerprint density at radius 3 is 2.62 bits per heavy atom. The SMILES string of the molecule is CC(=O)N1CCc2cc(S(=O)(=O)Nc3ccc4c(c3)sc(=O)n4C(C)C)ccc21. The largest absolute Gasteiger partial charge is 0.312 e. The van der Waals surface area contributed by atoms with Crippen LogP contribution in [0.1, 0.15) is 32.4 Å². The molecule has 2 heterocycles. The molecule has 0 aliphatic carbocycles. The first kappa shape index (κ1) is 19.7. The van der Waals surface area contributed by atoms with Crippen LogP contribution in [0, 0.1) is 0 Å². The average molecular weight is 432 g/mol. The van der Waals surface area contributed by atoms with Gasteiger partial charge in [0.1, 0.15) is 0 Å². The van der Waals surface area contributed by atoms with Crippen LogP contribution in [0.25, 0.3) is 10.2 Å². The zero-order valence-electron chi connectivity index (χ0n) is 16.3. The Morgan fingerprint density at radius 1 is 1.17 bits per heavy atom. The van der Waals surface area contributed by atoms with Gasteiger partial charge < -0.3 is 4.90 Å². The van der Waals surface area contributed by atoms with Gasteiger partial charge in [0.05, 0.1) is 20.8 Å². The number of rotatable bonds is 4. The number of benzene rings is 2. The van der Waals surface area contributed by atoms with Crippen LogP contribution in [0.4, 0.5) is 11.4 Å². The number of fused-ring (bicyclic) bond motifs is 2. The molecule has 29 heavy (non-hydrogen) atoms. The molecule has 0 radical (unpaired) electrons. The lowest BCUT2D eigenvalue weighted by molar-refractivity contribution is -0.116. The predicted octanol–water partition coefficient (Wildman–Crippen LogP) is 3.35. The van der Waals surface area contributed by atoms with Crippen molar-refractivity contribution in [3.05, 3.63) is 51.6 Å². The molecule has 3 aromatic rings. The monoisotopic (exact) mass is 431 g/mol. The van der Waals surface area contributed by atoms with Crippen molar-refractivity contribution in [1.82, 2.24) is 4.57 Å². The van der Waals surface area contributed by atoms with Crippen LogP contribution in [-0.2, 0) is 21.2 Å². The standard InChI is InChI=1S/C20H21N3O4S2/c1-12(2)23-18-6-4-15(11-19(18)28-20(23)25)21-29(26,27)16-5-7-17-14(10-16)8-9-22(17)13(3)24/h4-7,10-12,21H,8-9H2,1-3H3. The lowest BCUT2D eigenvalue weighted by Gasteiger charge is -2.15. The third kappa shape index (κ3) is 3.44. The van der Waals surface area contributed by atoms with E-state index >= 15 is 0 Å². The van der Waals surface area contributed by atoms with E-state index in [2.05, 4.69) is 4.72 Å². The highest BCUT2D eigenvalue weighted by Crippen LogP contribution is 2.31. The van der Waals surface area contributed by atoms with Crippen LogP contribution in [0.15, 0.2) is 46.1 Å². The molecule has 0 atom stereocenters. The second kappa shape index (κ2) is 7.00. The Balaban J connectivity index is 1.66. The summed E-state index contributed by atoms with van der Waals surface area (Å²) >= 11 is 1.10. The van der Waals surface area contributed by atoms with E-state index in [1.165, 1.54) is 13.0 Å². The molecule has 0 fully saturated rings. The number of nitrogens with zero attached hydrogens (tertiary/aromatic N) is 2. The van der Waals surface area contributed by atoms with Crippen molar-refractivity contribution in [2.45, 2.75) is 38.1 Å². The highest BCUT2D eigenvalue weighted by molar-refractivity contribution is 7.92. The van der Waals surface area contributed by atoms with E-state index in [0.717, 1.165) is 32.8 Å². The minimum Gasteiger partial charge on any atom is -0.312 e. The number of hydrogen-bond acceptors (Lipinski definition) is 5. The Kier molecular flexibility index (Phi) is 4.74. The van der Waals surface area contributed by atoms with Crippen molar-refractivity contribution >= 4 is 48.9 Å². The molecule has 1 N–H and O–H groups in total. The van der Waals surface area contributed by atoms with Crippen molar-refractivity contribution in [2.24, 2.45) is 0 Å².